The number of nitrogens with zero attached hydrogens (tertiary/aromatic N) is 1. The van der Waals surface area contributed by atoms with Gasteiger partial charge in [0, 0.05) is 49.6 Å². The van der Waals surface area contributed by atoms with Gasteiger partial charge in [-0.15, -0.1) is 0 Å². The monoisotopic (exact) mass is 544 g/mol. The third-order valence-electron chi connectivity index (χ3n) is 7.81. The summed E-state index contributed by atoms with van der Waals surface area (Å²) in [6.45, 7) is 8.01. The molecule has 1 aliphatic rings. The highest BCUT2D eigenvalue weighted by atomic mass is 19.1. The van der Waals surface area contributed by atoms with Crippen molar-refractivity contribution in [3.05, 3.63) is 102 Å². The van der Waals surface area contributed by atoms with Crippen molar-refractivity contribution in [2.75, 3.05) is 19.6 Å². The van der Waals surface area contributed by atoms with Crippen LogP contribution in [0.25, 0.3) is 11.1 Å². The average molecular weight is 545 g/mol. The normalized spacial score (nSPS) is 16.9. The van der Waals surface area contributed by atoms with Gasteiger partial charge in [0.05, 0.1) is 5.60 Å². The maximum Gasteiger partial charge on any atom is 0.253 e. The fraction of sp³-hybridized carbons (Fsp3) is 0.364. The van der Waals surface area contributed by atoms with E-state index in [1.165, 1.54) is 6.07 Å². The molecule has 1 fully saturated rings. The Morgan fingerprint density at radius 3 is 2.60 bits per heavy atom. The van der Waals surface area contributed by atoms with Crippen molar-refractivity contribution >= 4 is 11.8 Å². The molecule has 4 N–H and O–H groups in total. The Balaban J connectivity index is 1.55. The predicted molar refractivity (Wildman–Crippen MR) is 156 cm³/mol. The first kappa shape index (κ1) is 29.4. The highest BCUT2D eigenvalue weighted by Gasteiger charge is 2.42. The largest absolute Gasteiger partial charge is 0.385 e. The van der Waals surface area contributed by atoms with Gasteiger partial charge in [-0.1, -0.05) is 67.4 Å². The SMILES string of the molecule is [CH2]CCC(O)(c1cccc(F)c1-c1cccc(C)c1)C1CCCN(C(=O)c2ccc(CNCCC(N)=O)cc2)C1. The van der Waals surface area contributed by atoms with Crippen LogP contribution in [0.15, 0.2) is 66.7 Å². The lowest BCUT2D eigenvalue weighted by atomic mass is 9.72. The van der Waals surface area contributed by atoms with E-state index >= 15 is 4.39 Å². The summed E-state index contributed by atoms with van der Waals surface area (Å²) in [5.41, 5.74) is 8.09. The molecule has 1 aliphatic heterocycles. The first-order chi connectivity index (χ1) is 19.2. The summed E-state index contributed by atoms with van der Waals surface area (Å²) >= 11 is 0. The second kappa shape index (κ2) is 13.2. The van der Waals surface area contributed by atoms with Crippen molar-refractivity contribution < 1.29 is 19.1 Å². The van der Waals surface area contributed by atoms with Gasteiger partial charge in [0.25, 0.3) is 5.91 Å². The third-order valence-corrected chi connectivity index (χ3v) is 7.81. The highest BCUT2D eigenvalue weighted by molar-refractivity contribution is 5.94. The van der Waals surface area contributed by atoms with Crippen molar-refractivity contribution in [2.24, 2.45) is 11.7 Å². The van der Waals surface area contributed by atoms with Crippen molar-refractivity contribution in [3.63, 3.8) is 0 Å². The topological polar surface area (TPSA) is 95.7 Å². The molecule has 3 aromatic rings. The number of rotatable bonds is 11. The lowest BCUT2D eigenvalue weighted by Gasteiger charge is -2.43. The van der Waals surface area contributed by atoms with Crippen LogP contribution < -0.4 is 11.1 Å². The number of aryl methyl sites for hydroxylation is 1. The summed E-state index contributed by atoms with van der Waals surface area (Å²) in [5, 5.41) is 15.5. The number of carbonyl (C=O) groups excluding carboxylic acids is 2. The molecule has 0 spiro atoms. The minimum atomic E-state index is -1.34. The summed E-state index contributed by atoms with van der Waals surface area (Å²) in [4.78, 5) is 26.2. The summed E-state index contributed by atoms with van der Waals surface area (Å²) in [6, 6.07) is 19.9. The second-order valence-corrected chi connectivity index (χ2v) is 10.7. The molecule has 4 rings (SSSR count). The number of benzene rings is 3. The van der Waals surface area contributed by atoms with E-state index in [2.05, 4.69) is 12.2 Å². The fourth-order valence-electron chi connectivity index (χ4n) is 5.75. The summed E-state index contributed by atoms with van der Waals surface area (Å²) in [5.74, 6) is -1.09. The number of halogens is 1. The number of primary amides is 1. The van der Waals surface area contributed by atoms with Gasteiger partial charge >= 0.3 is 0 Å². The first-order valence-corrected chi connectivity index (χ1v) is 14.0. The molecule has 0 saturated carbocycles. The molecule has 0 aliphatic carbocycles. The predicted octanol–water partition coefficient (Wildman–Crippen LogP) is 5.12. The van der Waals surface area contributed by atoms with E-state index in [0.717, 1.165) is 29.5 Å². The van der Waals surface area contributed by atoms with E-state index in [4.69, 9.17) is 5.73 Å². The molecule has 0 bridgehead atoms. The lowest BCUT2D eigenvalue weighted by Crippen LogP contribution is -2.48. The van der Waals surface area contributed by atoms with E-state index in [1.54, 1.807) is 11.0 Å². The van der Waals surface area contributed by atoms with Crippen LogP contribution in [0.3, 0.4) is 0 Å². The molecule has 40 heavy (non-hydrogen) atoms. The number of hydrogen-bond acceptors (Lipinski definition) is 4. The number of aliphatic hydroxyl groups is 1. The van der Waals surface area contributed by atoms with Gasteiger partial charge in [-0.2, -0.15) is 0 Å². The standard InChI is InChI=1S/C33H39FN3O3/c1-3-17-33(40,28-10-5-11-29(34)31(28)26-8-4-7-23(2)20-26)27-9-6-19-37(22-27)32(39)25-14-12-24(13-15-25)21-36-18-16-30(35)38/h4-5,7-8,10-15,20,27,36,40H,1,3,6,9,16-19,21-22H2,2H3,(H2,35,38). The zero-order valence-electron chi connectivity index (χ0n) is 23.2. The summed E-state index contributed by atoms with van der Waals surface area (Å²) in [6.07, 6.45) is 2.57. The van der Waals surface area contributed by atoms with Crippen LogP contribution in [0.1, 0.15) is 59.2 Å². The minimum absolute atomic E-state index is 0.0898. The fourth-order valence-corrected chi connectivity index (χ4v) is 5.75. The molecule has 2 amide bonds. The Kier molecular flexibility index (Phi) is 9.71. The van der Waals surface area contributed by atoms with Gasteiger partial charge < -0.3 is 21.1 Å². The Morgan fingerprint density at radius 2 is 1.90 bits per heavy atom. The molecule has 211 valence electrons. The molecule has 7 heteroatoms. The molecular weight excluding hydrogens is 505 g/mol. The van der Waals surface area contributed by atoms with Gasteiger partial charge in [-0.05, 0) is 61.1 Å². The number of amides is 2. The summed E-state index contributed by atoms with van der Waals surface area (Å²) < 4.78 is 15.4. The molecule has 2 unspecified atom stereocenters. The van der Waals surface area contributed by atoms with Crippen LogP contribution in [0, 0.1) is 25.6 Å². The van der Waals surface area contributed by atoms with E-state index in [-0.39, 0.29) is 30.0 Å². The number of carbonyl (C=O) groups is 2. The van der Waals surface area contributed by atoms with Crippen molar-refractivity contribution in [1.82, 2.24) is 10.2 Å². The highest BCUT2D eigenvalue weighted by Crippen LogP contribution is 2.44. The van der Waals surface area contributed by atoms with Crippen LogP contribution in [0.2, 0.25) is 0 Å². The van der Waals surface area contributed by atoms with Crippen molar-refractivity contribution in [2.45, 2.75) is 51.2 Å². The second-order valence-electron chi connectivity index (χ2n) is 10.7. The average Bonchev–Trinajstić information content (AvgIpc) is 2.95. The van der Waals surface area contributed by atoms with E-state index in [1.807, 2.05) is 61.5 Å². The van der Waals surface area contributed by atoms with Gasteiger partial charge in [-0.3, -0.25) is 9.59 Å². The number of hydrogen-bond donors (Lipinski definition) is 3. The maximum absolute atomic E-state index is 15.4. The number of likely N-dealkylation sites (tertiary alicyclic amines) is 1. The Labute approximate surface area is 236 Å². The zero-order valence-corrected chi connectivity index (χ0v) is 23.2. The molecular formula is C33H39FN3O3. The van der Waals surface area contributed by atoms with Crippen LogP contribution in [-0.4, -0.2) is 41.5 Å². The van der Waals surface area contributed by atoms with Gasteiger partial charge in [0.1, 0.15) is 5.82 Å². The molecule has 1 heterocycles. The quantitative estimate of drug-likeness (QED) is 0.292. The van der Waals surface area contributed by atoms with E-state index in [9.17, 15) is 14.7 Å². The van der Waals surface area contributed by atoms with Gasteiger partial charge in [0.2, 0.25) is 5.91 Å². The number of piperidine rings is 1. The molecule has 0 aromatic heterocycles. The number of nitrogens with one attached hydrogen (secondary N) is 1. The number of nitrogens with two attached hydrogens (primary N) is 1. The molecule has 6 nitrogen and oxygen atoms in total. The van der Waals surface area contributed by atoms with Gasteiger partial charge in [-0.25, -0.2) is 4.39 Å². The molecule has 1 saturated heterocycles. The van der Waals surface area contributed by atoms with E-state index < -0.39 is 5.60 Å². The van der Waals surface area contributed by atoms with Crippen LogP contribution in [-0.2, 0) is 16.9 Å². The Hall–Kier alpha value is -3.55. The Morgan fingerprint density at radius 1 is 1.15 bits per heavy atom. The van der Waals surface area contributed by atoms with Crippen molar-refractivity contribution in [3.8, 4) is 11.1 Å². The molecule has 2 atom stereocenters. The minimum Gasteiger partial charge on any atom is -0.385 e. The first-order valence-electron chi connectivity index (χ1n) is 14.0. The van der Waals surface area contributed by atoms with Crippen LogP contribution >= 0.6 is 0 Å². The third kappa shape index (κ3) is 6.77. The van der Waals surface area contributed by atoms with Gasteiger partial charge in [0.15, 0.2) is 0 Å². The lowest BCUT2D eigenvalue weighted by molar-refractivity contribution is -0.117. The maximum atomic E-state index is 15.4. The van der Waals surface area contributed by atoms with E-state index in [0.29, 0.717) is 55.7 Å². The van der Waals surface area contributed by atoms with Crippen LogP contribution in [0.4, 0.5) is 4.39 Å². The smallest absolute Gasteiger partial charge is 0.253 e. The zero-order chi connectivity index (χ0) is 28.7. The van der Waals surface area contributed by atoms with Crippen molar-refractivity contribution in [1.29, 1.82) is 0 Å². The molecule has 1 radical (unpaired) electrons. The summed E-state index contributed by atoms with van der Waals surface area (Å²) in [7, 11) is 0. The molecule has 3 aromatic carbocycles. The van der Waals surface area contributed by atoms with Crippen LogP contribution in [0.5, 0.6) is 0 Å². The Bertz CT molecular complexity index is 1330.